The third-order valence-electron chi connectivity index (χ3n) is 3.27. The molecule has 11 heteroatoms. The first-order valence-electron chi connectivity index (χ1n) is 7.44. The highest BCUT2D eigenvalue weighted by Crippen LogP contribution is 2.30. The molecule has 0 unspecified atom stereocenters. The average Bonchev–Trinajstić information content (AvgIpc) is 2.94. The summed E-state index contributed by atoms with van der Waals surface area (Å²) in [6.07, 6.45) is -4.64. The van der Waals surface area contributed by atoms with Crippen LogP contribution in [0, 0.1) is 0 Å². The Kier molecular flexibility index (Phi) is 6.24. The molecule has 0 bridgehead atoms. The lowest BCUT2D eigenvalue weighted by molar-refractivity contribution is -0.147. The summed E-state index contributed by atoms with van der Waals surface area (Å²) in [5, 5.41) is 10.2. The molecule has 140 valence electrons. The van der Waals surface area contributed by atoms with Gasteiger partial charge in [0.1, 0.15) is 0 Å². The molecule has 2 aromatic rings. The number of imide groups is 1. The Bertz CT molecular complexity index is 779. The highest BCUT2D eigenvalue weighted by Gasteiger charge is 2.38. The molecule has 1 aromatic heterocycles. The number of nitrogens with one attached hydrogen (secondary N) is 2. The molecule has 0 spiro atoms. The van der Waals surface area contributed by atoms with Crippen molar-refractivity contribution in [1.82, 2.24) is 25.4 Å². The lowest BCUT2D eigenvalue weighted by atomic mass is 10.2. The summed E-state index contributed by atoms with van der Waals surface area (Å²) in [5.74, 6) is -1.81. The minimum absolute atomic E-state index is 0.0790. The second kappa shape index (κ2) is 8.21. The molecule has 1 aromatic carbocycles. The molecule has 2 rings (SSSR count). The largest absolute Gasteiger partial charge is 0.451 e. The summed E-state index contributed by atoms with van der Waals surface area (Å²) >= 11 is 0.769. The van der Waals surface area contributed by atoms with E-state index in [1.165, 1.54) is 6.92 Å². The molecular formula is C15H16F3N5O2S. The first-order chi connectivity index (χ1) is 12.2. The van der Waals surface area contributed by atoms with Gasteiger partial charge >= 0.3 is 12.2 Å². The zero-order chi connectivity index (χ0) is 19.3. The molecule has 7 nitrogen and oxygen atoms in total. The van der Waals surface area contributed by atoms with Crippen molar-refractivity contribution in [3.8, 4) is 0 Å². The zero-order valence-electron chi connectivity index (χ0n) is 13.9. The van der Waals surface area contributed by atoms with Crippen LogP contribution in [-0.4, -0.2) is 32.0 Å². The van der Waals surface area contributed by atoms with Crippen LogP contribution in [-0.2, 0) is 24.6 Å². The second-order valence-corrected chi connectivity index (χ2v) is 6.59. The monoisotopic (exact) mass is 387 g/mol. The highest BCUT2D eigenvalue weighted by molar-refractivity contribution is 8.00. The summed E-state index contributed by atoms with van der Waals surface area (Å²) in [5.41, 5.74) is 0.858. The Morgan fingerprint density at radius 3 is 2.46 bits per heavy atom. The van der Waals surface area contributed by atoms with Crippen LogP contribution in [0.15, 0.2) is 35.5 Å². The molecule has 1 heterocycles. The van der Waals surface area contributed by atoms with Crippen LogP contribution in [0.4, 0.5) is 18.0 Å². The maximum atomic E-state index is 12.7. The van der Waals surface area contributed by atoms with Crippen molar-refractivity contribution in [3.05, 3.63) is 41.7 Å². The molecule has 0 aliphatic heterocycles. The first kappa shape index (κ1) is 19.8. The van der Waals surface area contributed by atoms with E-state index in [0.717, 1.165) is 28.9 Å². The molecule has 0 aliphatic carbocycles. The number of aromatic nitrogens is 3. The number of rotatable bonds is 5. The SMILES string of the molecule is C[C@H](Sc1nnc(C(F)(F)F)n1C)C(=O)NC(=O)NCc1ccccc1. The molecule has 3 amide bonds. The summed E-state index contributed by atoms with van der Waals surface area (Å²) < 4.78 is 38.8. The van der Waals surface area contributed by atoms with Crippen molar-refractivity contribution in [1.29, 1.82) is 0 Å². The van der Waals surface area contributed by atoms with Gasteiger partial charge in [-0.05, 0) is 12.5 Å². The lowest BCUT2D eigenvalue weighted by Crippen LogP contribution is -2.42. The van der Waals surface area contributed by atoms with Gasteiger partial charge in [-0.3, -0.25) is 10.1 Å². The maximum absolute atomic E-state index is 12.7. The predicted molar refractivity (Wildman–Crippen MR) is 88.1 cm³/mol. The number of hydrogen-bond acceptors (Lipinski definition) is 5. The average molecular weight is 387 g/mol. The fourth-order valence-electron chi connectivity index (χ4n) is 1.91. The molecule has 2 N–H and O–H groups in total. The number of halogens is 3. The number of hydrogen-bond donors (Lipinski definition) is 2. The van der Waals surface area contributed by atoms with Gasteiger partial charge in [-0.2, -0.15) is 13.2 Å². The maximum Gasteiger partial charge on any atom is 0.451 e. The van der Waals surface area contributed by atoms with E-state index in [1.807, 2.05) is 30.3 Å². The molecule has 0 fully saturated rings. The molecular weight excluding hydrogens is 371 g/mol. The Hall–Kier alpha value is -2.56. The van der Waals surface area contributed by atoms with E-state index in [4.69, 9.17) is 0 Å². The fourth-order valence-corrected chi connectivity index (χ4v) is 2.73. The minimum atomic E-state index is -4.64. The molecule has 0 radical (unpaired) electrons. The highest BCUT2D eigenvalue weighted by atomic mass is 32.2. The molecule has 0 saturated carbocycles. The van der Waals surface area contributed by atoms with Crippen molar-refractivity contribution in [2.24, 2.45) is 7.05 Å². The fraction of sp³-hybridized carbons (Fsp3) is 0.333. The van der Waals surface area contributed by atoms with Crippen molar-refractivity contribution in [2.45, 2.75) is 30.1 Å². The third kappa shape index (κ3) is 5.22. The number of carbonyl (C=O) groups excluding carboxylic acids is 2. The molecule has 26 heavy (non-hydrogen) atoms. The number of benzene rings is 1. The van der Waals surface area contributed by atoms with E-state index in [0.29, 0.717) is 0 Å². The van der Waals surface area contributed by atoms with Gasteiger partial charge in [0.05, 0.1) is 5.25 Å². The van der Waals surface area contributed by atoms with Gasteiger partial charge in [0, 0.05) is 13.6 Å². The van der Waals surface area contributed by atoms with Gasteiger partial charge in [-0.25, -0.2) is 4.79 Å². The van der Waals surface area contributed by atoms with Crippen molar-refractivity contribution in [2.75, 3.05) is 0 Å². The van der Waals surface area contributed by atoms with Crippen molar-refractivity contribution in [3.63, 3.8) is 0 Å². The number of urea groups is 1. The van der Waals surface area contributed by atoms with Crippen LogP contribution >= 0.6 is 11.8 Å². The lowest BCUT2D eigenvalue weighted by Gasteiger charge is -2.12. The first-order valence-corrected chi connectivity index (χ1v) is 8.32. The van der Waals surface area contributed by atoms with Gasteiger partial charge in [0.25, 0.3) is 0 Å². The number of nitrogens with zero attached hydrogens (tertiary/aromatic N) is 3. The Balaban J connectivity index is 1.87. The standard InChI is InChI=1S/C15H16F3N5O2S/c1-9(26-14-22-21-12(23(14)2)15(16,17)18)11(24)20-13(25)19-8-10-6-4-3-5-7-10/h3-7,9H,8H2,1-2H3,(H2,19,20,24,25)/t9-/m0/s1. The van der Waals surface area contributed by atoms with Crippen LogP contribution in [0.2, 0.25) is 0 Å². The second-order valence-electron chi connectivity index (χ2n) is 5.28. The van der Waals surface area contributed by atoms with Crippen LogP contribution < -0.4 is 10.6 Å². The molecule has 0 aliphatic rings. The number of thioether (sulfide) groups is 1. The minimum Gasteiger partial charge on any atom is -0.334 e. The number of alkyl halides is 3. The number of carbonyl (C=O) groups is 2. The Labute approximate surface area is 151 Å². The quantitative estimate of drug-likeness (QED) is 0.769. The van der Waals surface area contributed by atoms with Gasteiger partial charge in [0.15, 0.2) is 5.16 Å². The van der Waals surface area contributed by atoms with Crippen LogP contribution in [0.1, 0.15) is 18.3 Å². The summed E-state index contributed by atoms with van der Waals surface area (Å²) in [7, 11) is 1.16. The van der Waals surface area contributed by atoms with Crippen LogP contribution in [0.3, 0.4) is 0 Å². The third-order valence-corrected chi connectivity index (χ3v) is 4.41. The zero-order valence-corrected chi connectivity index (χ0v) is 14.7. The van der Waals surface area contributed by atoms with E-state index >= 15 is 0 Å². The van der Waals surface area contributed by atoms with Crippen LogP contribution in [0.5, 0.6) is 0 Å². The summed E-state index contributed by atoms with van der Waals surface area (Å²) in [6.45, 7) is 1.69. The van der Waals surface area contributed by atoms with E-state index < -0.39 is 29.2 Å². The van der Waals surface area contributed by atoms with E-state index in [9.17, 15) is 22.8 Å². The topological polar surface area (TPSA) is 88.9 Å². The van der Waals surface area contributed by atoms with E-state index in [2.05, 4.69) is 20.8 Å². The van der Waals surface area contributed by atoms with Gasteiger partial charge in [-0.15, -0.1) is 10.2 Å². The Morgan fingerprint density at radius 2 is 1.88 bits per heavy atom. The van der Waals surface area contributed by atoms with Gasteiger partial charge < -0.3 is 9.88 Å². The Morgan fingerprint density at radius 1 is 1.23 bits per heavy atom. The van der Waals surface area contributed by atoms with E-state index in [-0.39, 0.29) is 11.7 Å². The summed E-state index contributed by atoms with van der Waals surface area (Å²) in [6, 6.07) is 8.40. The molecule has 0 saturated heterocycles. The summed E-state index contributed by atoms with van der Waals surface area (Å²) in [4.78, 5) is 23.8. The normalized spacial score (nSPS) is 12.5. The van der Waals surface area contributed by atoms with Crippen molar-refractivity contribution < 1.29 is 22.8 Å². The van der Waals surface area contributed by atoms with Gasteiger partial charge in [-0.1, -0.05) is 42.1 Å². The van der Waals surface area contributed by atoms with Gasteiger partial charge in [0.2, 0.25) is 11.7 Å². The smallest absolute Gasteiger partial charge is 0.334 e. The van der Waals surface area contributed by atoms with Crippen molar-refractivity contribution >= 4 is 23.7 Å². The predicted octanol–water partition coefficient (Wildman–Crippen LogP) is 2.34. The number of amides is 3. The van der Waals surface area contributed by atoms with E-state index in [1.54, 1.807) is 0 Å². The molecule has 1 atom stereocenters. The van der Waals surface area contributed by atoms with Crippen LogP contribution in [0.25, 0.3) is 0 Å².